The van der Waals surface area contributed by atoms with Crippen molar-refractivity contribution in [2.75, 3.05) is 13.1 Å². The number of rotatable bonds is 16. The lowest BCUT2D eigenvalue weighted by Crippen LogP contribution is -2.58. The molecule has 0 aliphatic carbocycles. The molecule has 1 saturated heterocycles. The molecule has 5 atom stereocenters. The number of carbonyl (C=O) groups excluding carboxylic acids is 4. The van der Waals surface area contributed by atoms with Gasteiger partial charge < -0.3 is 48.3 Å². The molecule has 11 N–H and O–H groups in total. The second-order valence-corrected chi connectivity index (χ2v) is 10.0. The summed E-state index contributed by atoms with van der Waals surface area (Å²) in [6.07, 6.45) is 0.712. The first-order chi connectivity index (χ1) is 18.6. The van der Waals surface area contributed by atoms with E-state index in [1.54, 1.807) is 13.8 Å². The molecule has 0 aromatic rings. The standard InChI is InChI=1S/C24H42N8O8/c1-12(2)18(31-19(35)14(25)6-4-10-28-24(26)27)21(37)29-13(3)22(38)32-11-5-7-16(32)20(36)30-15(23(39)40)8-9-17(33)34/h12-16,18H,4-11,25H2,1-3H3,(H,29,37)(H,30,36)(H,31,35)(H,33,34)(H,39,40)(H4,26,27,28)/t13-,14-,15-,16-,18-/m0/s1. The Labute approximate surface area is 232 Å². The van der Waals surface area contributed by atoms with Gasteiger partial charge in [-0.2, -0.15) is 0 Å². The number of aliphatic carboxylic acids is 2. The predicted octanol–water partition coefficient (Wildman–Crippen LogP) is -2.56. The summed E-state index contributed by atoms with van der Waals surface area (Å²) >= 11 is 0. The van der Waals surface area contributed by atoms with Crippen LogP contribution in [-0.4, -0.2) is 99.9 Å². The van der Waals surface area contributed by atoms with Crippen LogP contribution in [0.2, 0.25) is 0 Å². The summed E-state index contributed by atoms with van der Waals surface area (Å²) in [6, 6.07) is -5.36. The number of nitrogens with zero attached hydrogens (tertiary/aromatic N) is 2. The SMILES string of the molecule is CC(C)[C@H](NC(=O)[C@@H](N)CCCN=C(N)N)C(=O)N[C@@H](C)C(=O)N1CCC[C@H]1C(=O)N[C@@H](CCC(=O)O)C(=O)O. The first-order valence-corrected chi connectivity index (χ1v) is 13.1. The molecule has 40 heavy (non-hydrogen) atoms. The van der Waals surface area contributed by atoms with Crippen LogP contribution in [0.15, 0.2) is 4.99 Å². The lowest BCUT2D eigenvalue weighted by Gasteiger charge is -2.29. The van der Waals surface area contributed by atoms with Crippen molar-refractivity contribution in [1.82, 2.24) is 20.9 Å². The van der Waals surface area contributed by atoms with E-state index in [9.17, 15) is 33.9 Å². The Morgan fingerprint density at radius 3 is 2.17 bits per heavy atom. The van der Waals surface area contributed by atoms with E-state index in [-0.39, 0.29) is 37.7 Å². The highest BCUT2D eigenvalue weighted by atomic mass is 16.4. The zero-order valence-corrected chi connectivity index (χ0v) is 23.1. The molecule has 1 aliphatic heterocycles. The smallest absolute Gasteiger partial charge is 0.326 e. The Hall–Kier alpha value is -3.95. The maximum atomic E-state index is 13.1. The van der Waals surface area contributed by atoms with Gasteiger partial charge in [0.15, 0.2) is 5.96 Å². The van der Waals surface area contributed by atoms with Crippen molar-refractivity contribution < 1.29 is 39.0 Å². The highest BCUT2D eigenvalue weighted by Crippen LogP contribution is 2.19. The first-order valence-electron chi connectivity index (χ1n) is 13.1. The van der Waals surface area contributed by atoms with Gasteiger partial charge in [-0.15, -0.1) is 0 Å². The van der Waals surface area contributed by atoms with E-state index < -0.39 is 72.2 Å². The average molecular weight is 571 g/mol. The Morgan fingerprint density at radius 2 is 1.62 bits per heavy atom. The minimum Gasteiger partial charge on any atom is -0.481 e. The molecular weight excluding hydrogens is 528 g/mol. The molecule has 4 amide bonds. The Bertz CT molecular complexity index is 969. The maximum absolute atomic E-state index is 13.1. The van der Waals surface area contributed by atoms with Gasteiger partial charge in [0.1, 0.15) is 24.2 Å². The van der Waals surface area contributed by atoms with E-state index in [2.05, 4.69) is 20.9 Å². The molecule has 0 aromatic carbocycles. The monoisotopic (exact) mass is 570 g/mol. The molecule has 1 aliphatic rings. The van der Waals surface area contributed by atoms with Crippen molar-refractivity contribution in [2.45, 2.75) is 89.5 Å². The van der Waals surface area contributed by atoms with Gasteiger partial charge in [0.2, 0.25) is 23.6 Å². The van der Waals surface area contributed by atoms with E-state index in [1.807, 2.05) is 0 Å². The van der Waals surface area contributed by atoms with Crippen LogP contribution in [0.1, 0.15) is 59.3 Å². The molecule has 0 unspecified atom stereocenters. The van der Waals surface area contributed by atoms with Crippen molar-refractivity contribution in [1.29, 1.82) is 0 Å². The number of guanidine groups is 1. The minimum atomic E-state index is -1.42. The number of nitrogens with two attached hydrogens (primary N) is 3. The number of aliphatic imine (C=N–C) groups is 1. The van der Waals surface area contributed by atoms with Gasteiger partial charge in [0, 0.05) is 19.5 Å². The largest absolute Gasteiger partial charge is 0.481 e. The van der Waals surface area contributed by atoms with Crippen molar-refractivity contribution in [2.24, 2.45) is 28.1 Å². The van der Waals surface area contributed by atoms with E-state index in [0.717, 1.165) is 0 Å². The molecule has 16 heteroatoms. The molecule has 1 rings (SSSR count). The molecule has 1 fully saturated rings. The van der Waals surface area contributed by atoms with E-state index >= 15 is 0 Å². The highest BCUT2D eigenvalue weighted by molar-refractivity contribution is 5.95. The van der Waals surface area contributed by atoms with Crippen LogP contribution in [0.25, 0.3) is 0 Å². The Balaban J connectivity index is 2.78. The fraction of sp³-hybridized carbons (Fsp3) is 0.708. The number of hydrogen-bond acceptors (Lipinski definition) is 8. The zero-order chi connectivity index (χ0) is 30.6. The fourth-order valence-electron chi connectivity index (χ4n) is 4.16. The quantitative estimate of drug-likeness (QED) is 0.0543. The van der Waals surface area contributed by atoms with Gasteiger partial charge >= 0.3 is 11.9 Å². The molecule has 226 valence electrons. The van der Waals surface area contributed by atoms with Gasteiger partial charge in [0.05, 0.1) is 6.04 Å². The van der Waals surface area contributed by atoms with Gasteiger partial charge in [-0.25, -0.2) is 4.79 Å². The van der Waals surface area contributed by atoms with E-state index in [4.69, 9.17) is 22.3 Å². The highest BCUT2D eigenvalue weighted by Gasteiger charge is 2.38. The lowest BCUT2D eigenvalue weighted by molar-refractivity contribution is -0.145. The van der Waals surface area contributed by atoms with Crippen molar-refractivity contribution in [3.05, 3.63) is 0 Å². The third kappa shape index (κ3) is 11.0. The number of amides is 4. The van der Waals surface area contributed by atoms with Gasteiger partial charge in [-0.05, 0) is 44.9 Å². The number of carbonyl (C=O) groups is 6. The molecule has 0 bridgehead atoms. The summed E-state index contributed by atoms with van der Waals surface area (Å²) in [6.45, 7) is 5.38. The van der Waals surface area contributed by atoms with Crippen LogP contribution < -0.4 is 33.2 Å². The van der Waals surface area contributed by atoms with Crippen LogP contribution >= 0.6 is 0 Å². The number of carboxylic acids is 2. The molecule has 16 nitrogen and oxygen atoms in total. The van der Waals surface area contributed by atoms with E-state index in [1.165, 1.54) is 11.8 Å². The fourth-order valence-corrected chi connectivity index (χ4v) is 4.16. The normalized spacial score (nSPS) is 17.7. The second kappa shape index (κ2) is 16.2. The van der Waals surface area contributed by atoms with Crippen molar-refractivity contribution in [3.63, 3.8) is 0 Å². The average Bonchev–Trinajstić information content (AvgIpc) is 3.36. The number of nitrogens with one attached hydrogen (secondary N) is 3. The minimum absolute atomic E-state index is 0.0701. The summed E-state index contributed by atoms with van der Waals surface area (Å²) < 4.78 is 0. The number of likely N-dealkylation sites (tertiary alicyclic amines) is 1. The molecule has 1 heterocycles. The Morgan fingerprint density at radius 1 is 0.975 bits per heavy atom. The van der Waals surface area contributed by atoms with Crippen molar-refractivity contribution >= 4 is 41.5 Å². The predicted molar refractivity (Wildman–Crippen MR) is 143 cm³/mol. The second-order valence-electron chi connectivity index (χ2n) is 10.0. The number of hydrogen-bond donors (Lipinski definition) is 8. The lowest BCUT2D eigenvalue weighted by atomic mass is 10.0. The van der Waals surface area contributed by atoms with E-state index in [0.29, 0.717) is 19.4 Å². The Kier molecular flexibility index (Phi) is 13.8. The summed E-state index contributed by atoms with van der Waals surface area (Å²) in [5, 5.41) is 25.6. The third-order valence-electron chi connectivity index (χ3n) is 6.38. The summed E-state index contributed by atoms with van der Waals surface area (Å²) in [5.74, 6) is -5.45. The summed E-state index contributed by atoms with van der Waals surface area (Å²) in [5.41, 5.74) is 16.4. The van der Waals surface area contributed by atoms with Gasteiger partial charge in [-0.3, -0.25) is 29.0 Å². The van der Waals surface area contributed by atoms with Crippen molar-refractivity contribution in [3.8, 4) is 0 Å². The van der Waals surface area contributed by atoms with Gasteiger partial charge in [0.25, 0.3) is 0 Å². The van der Waals surface area contributed by atoms with Crippen LogP contribution in [0, 0.1) is 5.92 Å². The molecular formula is C24H42N8O8. The number of carboxylic acid groups (broad SMARTS) is 2. The topological polar surface area (TPSA) is 273 Å². The summed E-state index contributed by atoms with van der Waals surface area (Å²) in [7, 11) is 0. The molecule has 0 aromatic heterocycles. The maximum Gasteiger partial charge on any atom is 0.326 e. The van der Waals surface area contributed by atoms with Crippen LogP contribution in [0.3, 0.4) is 0 Å². The van der Waals surface area contributed by atoms with Gasteiger partial charge in [-0.1, -0.05) is 13.8 Å². The third-order valence-corrected chi connectivity index (χ3v) is 6.38. The van der Waals surface area contributed by atoms with Crippen LogP contribution in [0.4, 0.5) is 0 Å². The molecule has 0 saturated carbocycles. The molecule has 0 radical (unpaired) electrons. The summed E-state index contributed by atoms with van der Waals surface area (Å²) in [4.78, 5) is 78.8. The van der Waals surface area contributed by atoms with Crippen LogP contribution in [0.5, 0.6) is 0 Å². The first kappa shape index (κ1) is 34.1. The zero-order valence-electron chi connectivity index (χ0n) is 23.1. The van der Waals surface area contributed by atoms with Crippen LogP contribution in [-0.2, 0) is 28.8 Å². The molecule has 0 spiro atoms.